The summed E-state index contributed by atoms with van der Waals surface area (Å²) in [6, 6.07) is 7.55. The van der Waals surface area contributed by atoms with Gasteiger partial charge in [-0.05, 0) is 67.9 Å². The second kappa shape index (κ2) is 7.29. The SMILES string of the molecule is Cc1ccccc1N1C[C@@H]2C[C@@]3(C)[C@@H]4C[C@H](F)C5=CC(=O)C=C[C@]5(C)[C@@]4(F)[C@@H](O)C[C@]3(C)[C@]2(C(=O)O)O1. The normalized spacial score (nSPS) is 48.1. The van der Waals surface area contributed by atoms with Gasteiger partial charge in [-0.3, -0.25) is 14.7 Å². The molecule has 0 spiro atoms. The van der Waals surface area contributed by atoms with Crippen LogP contribution < -0.4 is 5.06 Å². The maximum atomic E-state index is 17.6. The van der Waals surface area contributed by atoms with Gasteiger partial charge in [0, 0.05) is 22.7 Å². The van der Waals surface area contributed by atoms with Crippen LogP contribution in [0.4, 0.5) is 14.5 Å². The number of carbonyl (C=O) groups is 2. The zero-order valence-corrected chi connectivity index (χ0v) is 21.5. The van der Waals surface area contributed by atoms with Crippen molar-refractivity contribution in [2.24, 2.45) is 28.1 Å². The number of carbonyl (C=O) groups excluding carboxylic acids is 1. The lowest BCUT2D eigenvalue weighted by Gasteiger charge is -2.66. The molecule has 1 aromatic rings. The van der Waals surface area contributed by atoms with Crippen LogP contribution in [0.1, 0.15) is 45.6 Å². The molecule has 198 valence electrons. The topological polar surface area (TPSA) is 87.1 Å². The number of aliphatic carboxylic acids is 1. The number of anilines is 1. The molecule has 0 radical (unpaired) electrons. The predicted molar refractivity (Wildman–Crippen MR) is 132 cm³/mol. The lowest BCUT2D eigenvalue weighted by Crippen LogP contribution is -2.73. The van der Waals surface area contributed by atoms with E-state index in [0.29, 0.717) is 13.0 Å². The number of nitrogens with zero attached hydrogens (tertiary/aromatic N) is 1. The summed E-state index contributed by atoms with van der Waals surface area (Å²) in [5.74, 6) is -3.04. The van der Waals surface area contributed by atoms with Crippen LogP contribution >= 0.6 is 0 Å². The van der Waals surface area contributed by atoms with Gasteiger partial charge in [-0.2, -0.15) is 0 Å². The molecule has 37 heavy (non-hydrogen) atoms. The van der Waals surface area contributed by atoms with Crippen LogP contribution in [0.2, 0.25) is 0 Å². The smallest absolute Gasteiger partial charge is 0.339 e. The minimum atomic E-state index is -2.28. The van der Waals surface area contributed by atoms with Crippen LogP contribution in [-0.2, 0) is 14.4 Å². The van der Waals surface area contributed by atoms with E-state index in [4.69, 9.17) is 4.84 Å². The molecule has 4 aliphatic carbocycles. The van der Waals surface area contributed by atoms with Crippen molar-refractivity contribution in [1.82, 2.24) is 0 Å². The molecule has 1 aromatic carbocycles. The lowest BCUT2D eigenvalue weighted by atomic mass is 9.40. The zero-order chi connectivity index (χ0) is 26.8. The molecule has 6 nitrogen and oxygen atoms in total. The zero-order valence-electron chi connectivity index (χ0n) is 21.5. The fraction of sp³-hybridized carbons (Fsp3) is 0.586. The number of allylic oxidation sites excluding steroid dienone is 4. The molecule has 3 saturated carbocycles. The van der Waals surface area contributed by atoms with Gasteiger partial charge >= 0.3 is 5.97 Å². The van der Waals surface area contributed by atoms with Crippen molar-refractivity contribution < 1.29 is 33.4 Å². The van der Waals surface area contributed by atoms with Gasteiger partial charge in [0.05, 0.1) is 18.3 Å². The summed E-state index contributed by atoms with van der Waals surface area (Å²) in [6.45, 7) is 7.39. The number of aliphatic hydroxyl groups is 1. The largest absolute Gasteiger partial charge is 0.479 e. The number of aryl methyl sites for hydroxylation is 1. The van der Waals surface area contributed by atoms with Crippen molar-refractivity contribution >= 4 is 17.4 Å². The number of alkyl halides is 2. The minimum absolute atomic E-state index is 0.0538. The first kappa shape index (κ1) is 24.7. The van der Waals surface area contributed by atoms with Gasteiger partial charge in [-0.25, -0.2) is 13.6 Å². The van der Waals surface area contributed by atoms with Crippen molar-refractivity contribution in [2.45, 2.75) is 70.5 Å². The number of ketones is 1. The minimum Gasteiger partial charge on any atom is -0.479 e. The quantitative estimate of drug-likeness (QED) is 0.606. The Kier molecular flexibility index (Phi) is 4.87. The Balaban J connectivity index is 1.49. The van der Waals surface area contributed by atoms with E-state index >= 15 is 8.78 Å². The molecule has 0 amide bonds. The Morgan fingerprint density at radius 1 is 1.19 bits per heavy atom. The summed E-state index contributed by atoms with van der Waals surface area (Å²) in [4.78, 5) is 31.6. The number of fused-ring (bicyclic) bond motifs is 7. The van der Waals surface area contributed by atoms with E-state index in [1.165, 1.54) is 12.2 Å². The molecular formula is C29H33F2NO5. The Labute approximate surface area is 214 Å². The molecule has 6 rings (SSSR count). The van der Waals surface area contributed by atoms with Gasteiger partial charge in [0.25, 0.3) is 0 Å². The number of carboxylic acids is 1. The van der Waals surface area contributed by atoms with Gasteiger partial charge in [0.15, 0.2) is 11.5 Å². The third kappa shape index (κ3) is 2.61. The molecule has 0 bridgehead atoms. The number of carboxylic acid groups (broad SMARTS) is 1. The fourth-order valence-electron chi connectivity index (χ4n) is 9.05. The number of halogens is 2. The van der Waals surface area contributed by atoms with Crippen molar-refractivity contribution in [3.8, 4) is 0 Å². The fourth-order valence-corrected chi connectivity index (χ4v) is 9.05. The number of hydrogen-bond donors (Lipinski definition) is 2. The van der Waals surface area contributed by atoms with Gasteiger partial charge in [-0.1, -0.05) is 38.1 Å². The maximum Gasteiger partial charge on any atom is 0.339 e. The van der Waals surface area contributed by atoms with E-state index in [1.54, 1.807) is 18.9 Å². The summed E-state index contributed by atoms with van der Waals surface area (Å²) >= 11 is 0. The molecule has 0 unspecified atom stereocenters. The lowest BCUT2D eigenvalue weighted by molar-refractivity contribution is -0.259. The highest BCUT2D eigenvalue weighted by molar-refractivity contribution is 6.01. The Bertz CT molecular complexity index is 1280. The number of para-hydroxylation sites is 1. The van der Waals surface area contributed by atoms with Crippen LogP contribution in [0.3, 0.4) is 0 Å². The van der Waals surface area contributed by atoms with Crippen molar-refractivity contribution in [1.29, 1.82) is 0 Å². The Hall–Kier alpha value is -2.58. The molecule has 8 heteroatoms. The molecule has 5 aliphatic rings. The standard InChI is InChI=1S/C29H33F2NO5/c1-16-7-5-6-8-21(16)32-15-17-13-26(3)22-12-20(30)19-11-18(33)9-10-25(19,2)28(22,31)23(34)14-27(26,4)29(17,37-32)24(35)36/h5-11,17,20,22-23,34H,12-15H2,1-4H3,(H,35,36)/t17-,20-,22-,23-,25-,26-,27-,28-,29-/m0/s1. The first-order valence-electron chi connectivity index (χ1n) is 13.0. The number of hydrogen-bond acceptors (Lipinski definition) is 5. The first-order valence-corrected chi connectivity index (χ1v) is 13.0. The second-order valence-electron chi connectivity index (χ2n) is 12.4. The van der Waals surface area contributed by atoms with Crippen molar-refractivity contribution in [3.63, 3.8) is 0 Å². The van der Waals surface area contributed by atoms with Gasteiger partial charge in [0.2, 0.25) is 5.60 Å². The van der Waals surface area contributed by atoms with Crippen LogP contribution in [0.5, 0.6) is 0 Å². The predicted octanol–water partition coefficient (Wildman–Crippen LogP) is 4.51. The van der Waals surface area contributed by atoms with Gasteiger partial charge in [0.1, 0.15) is 6.17 Å². The molecule has 1 heterocycles. The average Bonchev–Trinajstić information content (AvgIpc) is 3.29. The second-order valence-corrected chi connectivity index (χ2v) is 12.4. The van der Waals surface area contributed by atoms with E-state index in [0.717, 1.165) is 17.3 Å². The van der Waals surface area contributed by atoms with Crippen LogP contribution in [0.25, 0.3) is 0 Å². The number of benzene rings is 1. The summed E-state index contributed by atoms with van der Waals surface area (Å²) in [5.41, 5.74) is -5.95. The molecule has 1 saturated heterocycles. The van der Waals surface area contributed by atoms with Crippen LogP contribution in [0, 0.1) is 35.0 Å². The molecule has 9 atom stereocenters. The highest BCUT2D eigenvalue weighted by atomic mass is 19.1. The molecule has 1 aliphatic heterocycles. The average molecular weight is 514 g/mol. The summed E-state index contributed by atoms with van der Waals surface area (Å²) in [6.07, 6.45) is 0.563. The highest BCUT2D eigenvalue weighted by Gasteiger charge is 2.84. The summed E-state index contributed by atoms with van der Waals surface area (Å²) < 4.78 is 33.3. The third-order valence-corrected chi connectivity index (χ3v) is 11.1. The monoisotopic (exact) mass is 513 g/mol. The molecule has 4 fully saturated rings. The van der Waals surface area contributed by atoms with Gasteiger partial charge < -0.3 is 10.2 Å². The van der Waals surface area contributed by atoms with E-state index in [2.05, 4.69) is 0 Å². The third-order valence-electron chi connectivity index (χ3n) is 11.1. The Morgan fingerprint density at radius 3 is 2.57 bits per heavy atom. The first-order chi connectivity index (χ1) is 17.3. The van der Waals surface area contributed by atoms with Gasteiger partial charge in [-0.15, -0.1) is 0 Å². The summed E-state index contributed by atoms with van der Waals surface area (Å²) in [7, 11) is 0. The van der Waals surface area contributed by atoms with E-state index in [9.17, 15) is 19.8 Å². The molecular weight excluding hydrogens is 480 g/mol. The highest BCUT2D eigenvalue weighted by Crippen LogP contribution is 2.77. The molecule has 0 aromatic heterocycles. The van der Waals surface area contributed by atoms with Crippen LogP contribution in [-0.4, -0.2) is 52.1 Å². The summed E-state index contributed by atoms with van der Waals surface area (Å²) in [5, 5.41) is 23.9. The maximum absolute atomic E-state index is 17.6. The number of hydroxylamine groups is 1. The van der Waals surface area contributed by atoms with E-state index < -0.39 is 63.4 Å². The Morgan fingerprint density at radius 2 is 1.89 bits per heavy atom. The van der Waals surface area contributed by atoms with Crippen molar-refractivity contribution in [2.75, 3.05) is 11.6 Å². The number of aliphatic hydroxyl groups excluding tert-OH is 1. The number of rotatable bonds is 2. The van der Waals surface area contributed by atoms with E-state index in [1.807, 2.05) is 38.1 Å². The van der Waals surface area contributed by atoms with Crippen molar-refractivity contribution in [3.05, 3.63) is 53.6 Å². The van der Waals surface area contributed by atoms with E-state index in [-0.39, 0.29) is 18.4 Å². The van der Waals surface area contributed by atoms with Crippen LogP contribution in [0.15, 0.2) is 48.1 Å². The molecule has 2 N–H and O–H groups in total.